The van der Waals surface area contributed by atoms with Crippen molar-refractivity contribution in [3.8, 4) is 0 Å². The van der Waals surface area contributed by atoms with Crippen LogP contribution in [0.4, 0.5) is 13.2 Å². The van der Waals surface area contributed by atoms with Gasteiger partial charge in [0.15, 0.2) is 0 Å². The minimum atomic E-state index is -4.31. The Morgan fingerprint density at radius 3 is 2.35 bits per heavy atom. The first-order valence-corrected chi connectivity index (χ1v) is 5.74. The van der Waals surface area contributed by atoms with Gasteiger partial charge in [0, 0.05) is 12.6 Å². The molecule has 8 heteroatoms. The normalized spacial score (nSPS) is 11.2. The Balaban J connectivity index is 0.00000200. The SMILES string of the molecule is Cl.NCCc1cn(Cc2ccc(C(F)(F)F)cc2)nn1. The summed E-state index contributed by atoms with van der Waals surface area (Å²) in [5, 5.41) is 7.80. The van der Waals surface area contributed by atoms with E-state index in [0.717, 1.165) is 23.4 Å². The Hall–Kier alpha value is -1.60. The predicted molar refractivity (Wildman–Crippen MR) is 70.6 cm³/mol. The number of aromatic nitrogens is 3. The van der Waals surface area contributed by atoms with Gasteiger partial charge >= 0.3 is 6.18 Å². The number of rotatable bonds is 4. The average molecular weight is 307 g/mol. The van der Waals surface area contributed by atoms with Gasteiger partial charge in [0.2, 0.25) is 0 Å². The van der Waals surface area contributed by atoms with Gasteiger partial charge in [0.25, 0.3) is 0 Å². The van der Waals surface area contributed by atoms with Crippen molar-refractivity contribution in [2.24, 2.45) is 5.73 Å². The Labute approximate surface area is 120 Å². The molecule has 0 atom stereocenters. The third-order valence-electron chi connectivity index (χ3n) is 2.61. The van der Waals surface area contributed by atoms with Gasteiger partial charge in [-0.15, -0.1) is 17.5 Å². The zero-order valence-corrected chi connectivity index (χ0v) is 11.3. The van der Waals surface area contributed by atoms with Gasteiger partial charge < -0.3 is 5.73 Å². The number of hydrogen-bond acceptors (Lipinski definition) is 3. The van der Waals surface area contributed by atoms with E-state index in [0.29, 0.717) is 19.5 Å². The summed E-state index contributed by atoms with van der Waals surface area (Å²) >= 11 is 0. The molecule has 2 rings (SSSR count). The number of nitrogens with two attached hydrogens (primary N) is 1. The molecule has 1 heterocycles. The number of hydrogen-bond donors (Lipinski definition) is 1. The maximum absolute atomic E-state index is 12.4. The molecule has 0 saturated heterocycles. The van der Waals surface area contributed by atoms with Gasteiger partial charge in [0.1, 0.15) is 0 Å². The molecule has 0 unspecified atom stereocenters. The highest BCUT2D eigenvalue weighted by Gasteiger charge is 2.29. The van der Waals surface area contributed by atoms with Crippen molar-refractivity contribution in [3.63, 3.8) is 0 Å². The van der Waals surface area contributed by atoms with Crippen LogP contribution in [-0.2, 0) is 19.1 Å². The second-order valence-electron chi connectivity index (χ2n) is 4.14. The van der Waals surface area contributed by atoms with Crippen LogP contribution in [0.5, 0.6) is 0 Å². The Bertz CT molecular complexity index is 536. The van der Waals surface area contributed by atoms with Crippen LogP contribution >= 0.6 is 12.4 Å². The topological polar surface area (TPSA) is 56.7 Å². The Morgan fingerprint density at radius 2 is 1.80 bits per heavy atom. The van der Waals surface area contributed by atoms with Crippen LogP contribution in [0.3, 0.4) is 0 Å². The van der Waals surface area contributed by atoms with Crippen LogP contribution in [0.25, 0.3) is 0 Å². The molecule has 20 heavy (non-hydrogen) atoms. The third-order valence-corrected chi connectivity index (χ3v) is 2.61. The van der Waals surface area contributed by atoms with E-state index in [2.05, 4.69) is 10.3 Å². The smallest absolute Gasteiger partial charge is 0.330 e. The van der Waals surface area contributed by atoms with Crippen molar-refractivity contribution in [2.75, 3.05) is 6.54 Å². The van der Waals surface area contributed by atoms with Gasteiger partial charge in [0.05, 0.1) is 17.8 Å². The van der Waals surface area contributed by atoms with Crippen molar-refractivity contribution < 1.29 is 13.2 Å². The molecule has 0 aliphatic rings. The van der Waals surface area contributed by atoms with E-state index in [4.69, 9.17) is 5.73 Å². The zero-order chi connectivity index (χ0) is 13.9. The molecule has 2 N–H and O–H groups in total. The van der Waals surface area contributed by atoms with E-state index < -0.39 is 11.7 Å². The molecule has 0 fully saturated rings. The van der Waals surface area contributed by atoms with Crippen molar-refractivity contribution in [1.82, 2.24) is 15.0 Å². The van der Waals surface area contributed by atoms with Crippen LogP contribution in [0.1, 0.15) is 16.8 Å². The summed E-state index contributed by atoms with van der Waals surface area (Å²) in [6.07, 6.45) is -1.93. The Kier molecular flexibility index (Phi) is 5.52. The van der Waals surface area contributed by atoms with E-state index in [9.17, 15) is 13.2 Å². The van der Waals surface area contributed by atoms with E-state index >= 15 is 0 Å². The van der Waals surface area contributed by atoms with Crippen molar-refractivity contribution in [3.05, 3.63) is 47.3 Å². The molecule has 0 radical (unpaired) electrons. The lowest BCUT2D eigenvalue weighted by atomic mass is 10.1. The molecule has 4 nitrogen and oxygen atoms in total. The first-order chi connectivity index (χ1) is 8.99. The second-order valence-corrected chi connectivity index (χ2v) is 4.14. The highest BCUT2D eigenvalue weighted by atomic mass is 35.5. The number of nitrogens with zero attached hydrogens (tertiary/aromatic N) is 3. The number of benzene rings is 1. The molecule has 0 aliphatic heterocycles. The van der Waals surface area contributed by atoms with Crippen molar-refractivity contribution in [1.29, 1.82) is 0 Å². The number of halogens is 4. The first kappa shape index (κ1) is 16.5. The summed E-state index contributed by atoms with van der Waals surface area (Å²) in [7, 11) is 0. The Morgan fingerprint density at radius 1 is 1.15 bits per heavy atom. The summed E-state index contributed by atoms with van der Waals surface area (Å²) in [4.78, 5) is 0. The molecule has 2 aromatic rings. The molecule has 0 bridgehead atoms. The van der Waals surface area contributed by atoms with Crippen molar-refractivity contribution >= 4 is 12.4 Å². The average Bonchev–Trinajstić information content (AvgIpc) is 2.77. The van der Waals surface area contributed by atoms with E-state index in [-0.39, 0.29) is 12.4 Å². The number of alkyl halides is 3. The molecular weight excluding hydrogens is 293 g/mol. The summed E-state index contributed by atoms with van der Waals surface area (Å²) in [5.41, 5.74) is 6.25. The van der Waals surface area contributed by atoms with E-state index in [1.54, 1.807) is 10.9 Å². The van der Waals surface area contributed by atoms with Crippen LogP contribution in [0.2, 0.25) is 0 Å². The summed E-state index contributed by atoms with van der Waals surface area (Å²) in [5.74, 6) is 0. The standard InChI is InChI=1S/C12H13F3N4.ClH/c13-12(14,15)10-3-1-9(2-4-10)7-19-8-11(5-6-16)17-18-19;/h1-4,8H,5-7,16H2;1H. The minimum Gasteiger partial charge on any atom is -0.330 e. The van der Waals surface area contributed by atoms with Gasteiger partial charge in [-0.3, -0.25) is 0 Å². The predicted octanol–water partition coefficient (Wildman–Crippen LogP) is 2.27. The van der Waals surface area contributed by atoms with Gasteiger partial charge in [-0.1, -0.05) is 17.3 Å². The lowest BCUT2D eigenvalue weighted by Gasteiger charge is -2.07. The van der Waals surface area contributed by atoms with E-state index in [1.165, 1.54) is 12.1 Å². The van der Waals surface area contributed by atoms with Crippen LogP contribution < -0.4 is 5.73 Å². The third kappa shape index (κ3) is 4.21. The lowest BCUT2D eigenvalue weighted by molar-refractivity contribution is -0.137. The van der Waals surface area contributed by atoms with Gasteiger partial charge in [-0.25, -0.2) is 4.68 Å². The fourth-order valence-corrected chi connectivity index (χ4v) is 1.66. The maximum Gasteiger partial charge on any atom is 0.416 e. The van der Waals surface area contributed by atoms with Gasteiger partial charge in [-0.2, -0.15) is 13.2 Å². The van der Waals surface area contributed by atoms with Crippen LogP contribution in [-0.4, -0.2) is 21.5 Å². The molecule has 0 spiro atoms. The largest absolute Gasteiger partial charge is 0.416 e. The van der Waals surface area contributed by atoms with E-state index in [1.807, 2.05) is 0 Å². The highest BCUT2D eigenvalue weighted by Crippen LogP contribution is 2.29. The maximum atomic E-state index is 12.4. The fraction of sp³-hybridized carbons (Fsp3) is 0.333. The molecule has 110 valence electrons. The van der Waals surface area contributed by atoms with Gasteiger partial charge in [-0.05, 0) is 24.2 Å². The highest BCUT2D eigenvalue weighted by molar-refractivity contribution is 5.85. The monoisotopic (exact) mass is 306 g/mol. The summed E-state index contributed by atoms with van der Waals surface area (Å²) in [6, 6.07) is 5.00. The fourth-order valence-electron chi connectivity index (χ4n) is 1.66. The van der Waals surface area contributed by atoms with Crippen molar-refractivity contribution in [2.45, 2.75) is 19.1 Å². The van der Waals surface area contributed by atoms with Crippen LogP contribution in [0, 0.1) is 0 Å². The quantitative estimate of drug-likeness (QED) is 0.942. The first-order valence-electron chi connectivity index (χ1n) is 5.74. The second kappa shape index (κ2) is 6.71. The molecule has 0 amide bonds. The molecule has 1 aromatic heterocycles. The summed E-state index contributed by atoms with van der Waals surface area (Å²) < 4.78 is 38.8. The summed E-state index contributed by atoms with van der Waals surface area (Å²) in [6.45, 7) is 0.870. The molecular formula is C12H14ClF3N4. The lowest BCUT2D eigenvalue weighted by Crippen LogP contribution is -2.06. The minimum absolute atomic E-state index is 0. The molecule has 1 aromatic carbocycles. The zero-order valence-electron chi connectivity index (χ0n) is 10.5. The molecule has 0 aliphatic carbocycles. The van der Waals surface area contributed by atoms with Crippen LogP contribution in [0.15, 0.2) is 30.5 Å². The molecule has 0 saturated carbocycles.